The molecule has 0 aromatic heterocycles. The van der Waals surface area contributed by atoms with E-state index in [1.807, 2.05) is 0 Å². The number of hydrogen-bond donors (Lipinski definition) is 2. The Hall–Kier alpha value is -2.02. The topological polar surface area (TPSA) is 92.5 Å². The van der Waals surface area contributed by atoms with Crippen LogP contribution in [0.2, 0.25) is 0 Å². The molecule has 2 N–H and O–H groups in total. The Morgan fingerprint density at radius 2 is 2.22 bits per heavy atom. The SMILES string of the molecule is O=C(O)C1(NCc2cccc([N+](=O)[O-])c2F)CC1. The van der Waals surface area contributed by atoms with E-state index in [9.17, 15) is 19.3 Å². The quantitative estimate of drug-likeness (QED) is 0.612. The van der Waals surface area contributed by atoms with Crippen molar-refractivity contribution in [1.82, 2.24) is 5.32 Å². The van der Waals surface area contributed by atoms with Crippen molar-refractivity contribution in [1.29, 1.82) is 0 Å². The van der Waals surface area contributed by atoms with E-state index >= 15 is 0 Å². The molecule has 0 saturated heterocycles. The number of carboxylic acids is 1. The summed E-state index contributed by atoms with van der Waals surface area (Å²) in [4.78, 5) is 20.6. The van der Waals surface area contributed by atoms with E-state index in [0.717, 1.165) is 6.07 Å². The zero-order valence-electron chi connectivity index (χ0n) is 9.35. The molecule has 0 atom stereocenters. The highest BCUT2D eigenvalue weighted by molar-refractivity contribution is 5.82. The average Bonchev–Trinajstić information content (AvgIpc) is 3.08. The molecule has 18 heavy (non-hydrogen) atoms. The molecule has 0 bridgehead atoms. The summed E-state index contributed by atoms with van der Waals surface area (Å²) >= 11 is 0. The number of benzene rings is 1. The number of carboxylic acid groups (broad SMARTS) is 1. The number of nitrogens with zero attached hydrogens (tertiary/aromatic N) is 1. The maximum atomic E-state index is 13.7. The summed E-state index contributed by atoms with van der Waals surface area (Å²) in [6, 6.07) is 3.84. The van der Waals surface area contributed by atoms with Crippen LogP contribution in [0, 0.1) is 15.9 Å². The molecule has 1 aromatic rings. The molecule has 0 unspecified atom stereocenters. The number of nitro groups is 1. The normalized spacial score (nSPS) is 16.3. The van der Waals surface area contributed by atoms with Crippen molar-refractivity contribution in [2.75, 3.05) is 0 Å². The third-order valence-corrected chi connectivity index (χ3v) is 3.03. The molecule has 7 heteroatoms. The number of carbonyl (C=O) groups is 1. The van der Waals surface area contributed by atoms with Crippen molar-refractivity contribution in [2.45, 2.75) is 24.9 Å². The third kappa shape index (κ3) is 2.17. The maximum absolute atomic E-state index is 13.7. The van der Waals surface area contributed by atoms with Crippen LogP contribution in [0.15, 0.2) is 18.2 Å². The fourth-order valence-corrected chi connectivity index (χ4v) is 1.70. The van der Waals surface area contributed by atoms with Crippen molar-refractivity contribution in [3.05, 3.63) is 39.7 Å². The van der Waals surface area contributed by atoms with E-state index < -0.39 is 27.9 Å². The van der Waals surface area contributed by atoms with Crippen molar-refractivity contribution in [3.8, 4) is 0 Å². The number of nitrogens with one attached hydrogen (secondary N) is 1. The van der Waals surface area contributed by atoms with Gasteiger partial charge >= 0.3 is 11.7 Å². The van der Waals surface area contributed by atoms with E-state index in [-0.39, 0.29) is 12.1 Å². The van der Waals surface area contributed by atoms with E-state index in [4.69, 9.17) is 5.11 Å². The van der Waals surface area contributed by atoms with Gasteiger partial charge in [-0.2, -0.15) is 4.39 Å². The molecule has 0 spiro atoms. The number of nitro benzene ring substituents is 1. The zero-order chi connectivity index (χ0) is 13.3. The predicted molar refractivity (Wildman–Crippen MR) is 59.5 cm³/mol. The standard InChI is InChI=1S/C11H11FN2O4/c12-9-7(2-1-3-8(9)14(17)18)6-13-11(4-5-11)10(15)16/h1-3,13H,4-6H2,(H,15,16). The van der Waals surface area contributed by atoms with Crippen molar-refractivity contribution >= 4 is 11.7 Å². The van der Waals surface area contributed by atoms with Gasteiger partial charge in [0.2, 0.25) is 5.82 Å². The van der Waals surface area contributed by atoms with Gasteiger partial charge in [-0.3, -0.25) is 20.2 Å². The summed E-state index contributed by atoms with van der Waals surface area (Å²) in [5.74, 6) is -1.90. The summed E-state index contributed by atoms with van der Waals surface area (Å²) in [7, 11) is 0. The molecule has 0 amide bonds. The monoisotopic (exact) mass is 254 g/mol. The van der Waals surface area contributed by atoms with Crippen LogP contribution in [0.4, 0.5) is 10.1 Å². The van der Waals surface area contributed by atoms with Gasteiger partial charge in [-0.1, -0.05) is 12.1 Å². The number of aliphatic carboxylic acids is 1. The minimum atomic E-state index is -0.989. The third-order valence-electron chi connectivity index (χ3n) is 3.03. The van der Waals surface area contributed by atoms with Gasteiger partial charge in [-0.15, -0.1) is 0 Å². The maximum Gasteiger partial charge on any atom is 0.323 e. The van der Waals surface area contributed by atoms with Gasteiger partial charge in [-0.05, 0) is 12.8 Å². The van der Waals surface area contributed by atoms with Crippen LogP contribution in [0.1, 0.15) is 18.4 Å². The number of rotatable bonds is 5. The van der Waals surface area contributed by atoms with Gasteiger partial charge in [0.05, 0.1) is 4.92 Å². The lowest BCUT2D eigenvalue weighted by Crippen LogP contribution is -2.38. The second-order valence-corrected chi connectivity index (χ2v) is 4.25. The van der Waals surface area contributed by atoms with Crippen LogP contribution in [0.3, 0.4) is 0 Å². The molecule has 0 radical (unpaired) electrons. The summed E-state index contributed by atoms with van der Waals surface area (Å²) in [5.41, 5.74) is -1.50. The van der Waals surface area contributed by atoms with Crippen LogP contribution >= 0.6 is 0 Å². The molecule has 0 heterocycles. The molecule has 2 rings (SSSR count). The highest BCUT2D eigenvalue weighted by Crippen LogP contribution is 2.36. The molecule has 0 aliphatic heterocycles. The van der Waals surface area contributed by atoms with Crippen LogP contribution in [0.25, 0.3) is 0 Å². The number of hydrogen-bond acceptors (Lipinski definition) is 4. The lowest BCUT2D eigenvalue weighted by molar-refractivity contribution is -0.387. The predicted octanol–water partition coefficient (Wildman–Crippen LogP) is 1.44. The lowest BCUT2D eigenvalue weighted by Gasteiger charge is -2.12. The molecule has 1 fully saturated rings. The highest BCUT2D eigenvalue weighted by atomic mass is 19.1. The minimum absolute atomic E-state index is 0.0419. The Morgan fingerprint density at radius 1 is 1.56 bits per heavy atom. The second kappa shape index (κ2) is 4.34. The first kappa shape index (κ1) is 12.4. The first-order chi connectivity index (χ1) is 8.46. The fourth-order valence-electron chi connectivity index (χ4n) is 1.70. The zero-order valence-corrected chi connectivity index (χ0v) is 9.35. The van der Waals surface area contributed by atoms with Crippen LogP contribution in [0.5, 0.6) is 0 Å². The van der Waals surface area contributed by atoms with Crippen LogP contribution in [-0.2, 0) is 11.3 Å². The van der Waals surface area contributed by atoms with Crippen LogP contribution < -0.4 is 5.32 Å². The lowest BCUT2D eigenvalue weighted by atomic mass is 10.1. The summed E-state index contributed by atoms with van der Waals surface area (Å²) in [6.07, 6.45) is 0.970. The Kier molecular flexibility index (Phi) is 3.00. The molecule has 1 aliphatic rings. The largest absolute Gasteiger partial charge is 0.480 e. The second-order valence-electron chi connectivity index (χ2n) is 4.25. The molecular formula is C11H11FN2O4. The number of halogens is 1. The summed E-state index contributed by atoms with van der Waals surface area (Å²) < 4.78 is 13.7. The van der Waals surface area contributed by atoms with Gasteiger partial charge in [0.15, 0.2) is 0 Å². The van der Waals surface area contributed by atoms with Gasteiger partial charge in [0, 0.05) is 18.2 Å². The Labute approximate surface area is 102 Å². The summed E-state index contributed by atoms with van der Waals surface area (Å²) in [6.45, 7) is -0.0419. The van der Waals surface area contributed by atoms with E-state index in [2.05, 4.69) is 5.32 Å². The molecule has 96 valence electrons. The van der Waals surface area contributed by atoms with Crippen molar-refractivity contribution in [2.24, 2.45) is 0 Å². The van der Waals surface area contributed by atoms with Gasteiger partial charge in [0.25, 0.3) is 0 Å². The summed E-state index contributed by atoms with van der Waals surface area (Å²) in [5, 5.41) is 22.2. The Balaban J connectivity index is 2.13. The average molecular weight is 254 g/mol. The molecule has 1 saturated carbocycles. The van der Waals surface area contributed by atoms with E-state index in [1.165, 1.54) is 12.1 Å². The minimum Gasteiger partial charge on any atom is -0.480 e. The first-order valence-corrected chi connectivity index (χ1v) is 5.36. The molecule has 1 aromatic carbocycles. The Bertz CT molecular complexity index is 514. The van der Waals surface area contributed by atoms with E-state index in [0.29, 0.717) is 12.8 Å². The van der Waals surface area contributed by atoms with Gasteiger partial charge < -0.3 is 5.11 Å². The molecule has 6 nitrogen and oxygen atoms in total. The fraction of sp³-hybridized carbons (Fsp3) is 0.364. The smallest absolute Gasteiger partial charge is 0.323 e. The molecular weight excluding hydrogens is 243 g/mol. The Morgan fingerprint density at radius 3 is 2.72 bits per heavy atom. The van der Waals surface area contributed by atoms with Gasteiger partial charge in [0.1, 0.15) is 5.54 Å². The first-order valence-electron chi connectivity index (χ1n) is 5.36. The van der Waals surface area contributed by atoms with Crippen molar-refractivity contribution < 1.29 is 19.2 Å². The van der Waals surface area contributed by atoms with Crippen molar-refractivity contribution in [3.63, 3.8) is 0 Å². The van der Waals surface area contributed by atoms with Gasteiger partial charge in [-0.25, -0.2) is 0 Å². The van der Waals surface area contributed by atoms with E-state index in [1.54, 1.807) is 0 Å². The highest BCUT2D eigenvalue weighted by Gasteiger charge is 2.49. The molecule has 1 aliphatic carbocycles. The van der Waals surface area contributed by atoms with Crippen LogP contribution in [-0.4, -0.2) is 21.5 Å².